The molecule has 2 fully saturated rings. The average Bonchev–Trinajstić information content (AvgIpc) is 2.87. The zero-order valence-corrected chi connectivity index (χ0v) is 12.5. The molecule has 2 saturated heterocycles. The van der Waals surface area contributed by atoms with Crippen molar-refractivity contribution in [1.29, 1.82) is 0 Å². The first-order chi connectivity index (χ1) is 9.20. The van der Waals surface area contributed by atoms with Crippen LogP contribution in [0.3, 0.4) is 0 Å². The Morgan fingerprint density at radius 3 is 2.84 bits per heavy atom. The minimum atomic E-state index is 0.690. The first kappa shape index (κ1) is 13.0. The Morgan fingerprint density at radius 1 is 1.21 bits per heavy atom. The topological polar surface area (TPSA) is 6.48 Å². The van der Waals surface area contributed by atoms with Crippen molar-refractivity contribution < 1.29 is 0 Å². The Kier molecular flexibility index (Phi) is 3.53. The lowest BCUT2D eigenvalue weighted by Crippen LogP contribution is -2.56. The van der Waals surface area contributed by atoms with Gasteiger partial charge >= 0.3 is 0 Å². The molecule has 1 aromatic carbocycles. The number of hydrogen-bond acceptors (Lipinski definition) is 2. The fourth-order valence-corrected chi connectivity index (χ4v) is 3.78. The Morgan fingerprint density at radius 2 is 2.05 bits per heavy atom. The minimum Gasteiger partial charge on any atom is -0.365 e. The van der Waals surface area contributed by atoms with E-state index in [2.05, 4.69) is 48.8 Å². The number of piperazine rings is 1. The van der Waals surface area contributed by atoms with Crippen LogP contribution in [-0.2, 0) is 0 Å². The molecule has 2 aliphatic rings. The molecule has 0 aromatic heterocycles. The fourth-order valence-electron chi connectivity index (χ4n) is 3.78. The number of aryl methyl sites for hydroxylation is 1. The largest absolute Gasteiger partial charge is 0.365 e. The van der Waals surface area contributed by atoms with E-state index in [-0.39, 0.29) is 0 Å². The summed E-state index contributed by atoms with van der Waals surface area (Å²) in [7, 11) is 0. The molecule has 2 aliphatic heterocycles. The summed E-state index contributed by atoms with van der Waals surface area (Å²) < 4.78 is 0. The van der Waals surface area contributed by atoms with E-state index in [0.717, 1.165) is 6.04 Å². The molecule has 0 radical (unpaired) electrons. The van der Waals surface area contributed by atoms with Gasteiger partial charge in [-0.1, -0.05) is 19.1 Å². The number of anilines is 1. The van der Waals surface area contributed by atoms with E-state index in [1.54, 1.807) is 0 Å². The monoisotopic (exact) mass is 258 g/mol. The zero-order valence-electron chi connectivity index (χ0n) is 12.5. The van der Waals surface area contributed by atoms with Crippen LogP contribution in [0.1, 0.15) is 37.3 Å². The zero-order chi connectivity index (χ0) is 13.4. The van der Waals surface area contributed by atoms with E-state index < -0.39 is 0 Å². The first-order valence-electron chi connectivity index (χ1n) is 7.77. The van der Waals surface area contributed by atoms with E-state index in [1.807, 2.05) is 0 Å². The fraction of sp³-hybridized carbons (Fsp3) is 0.647. The van der Waals surface area contributed by atoms with Crippen LogP contribution in [0.15, 0.2) is 18.2 Å². The molecule has 0 aliphatic carbocycles. The van der Waals surface area contributed by atoms with E-state index in [9.17, 15) is 0 Å². The summed E-state index contributed by atoms with van der Waals surface area (Å²) in [5.74, 6) is 0. The quantitative estimate of drug-likeness (QED) is 0.802. The summed E-state index contributed by atoms with van der Waals surface area (Å²) in [4.78, 5) is 5.41. The molecule has 0 bridgehead atoms. The highest BCUT2D eigenvalue weighted by molar-refractivity contribution is 5.57. The summed E-state index contributed by atoms with van der Waals surface area (Å²) >= 11 is 0. The van der Waals surface area contributed by atoms with Crippen molar-refractivity contribution in [2.45, 2.75) is 52.1 Å². The smallest absolute Gasteiger partial charge is 0.0415 e. The molecule has 0 amide bonds. The van der Waals surface area contributed by atoms with Crippen molar-refractivity contribution in [3.8, 4) is 0 Å². The Hall–Kier alpha value is -1.02. The average molecular weight is 258 g/mol. The van der Waals surface area contributed by atoms with E-state index >= 15 is 0 Å². The van der Waals surface area contributed by atoms with Gasteiger partial charge < -0.3 is 4.90 Å². The van der Waals surface area contributed by atoms with Gasteiger partial charge in [-0.25, -0.2) is 0 Å². The first-order valence-corrected chi connectivity index (χ1v) is 7.77. The second-order valence-electron chi connectivity index (χ2n) is 6.22. The molecule has 0 spiro atoms. The molecule has 0 N–H and O–H groups in total. The van der Waals surface area contributed by atoms with Crippen molar-refractivity contribution in [3.05, 3.63) is 29.3 Å². The molecule has 1 aromatic rings. The van der Waals surface area contributed by atoms with Crippen LogP contribution in [0.25, 0.3) is 0 Å². The third kappa shape index (κ3) is 2.27. The van der Waals surface area contributed by atoms with Crippen LogP contribution < -0.4 is 4.90 Å². The maximum Gasteiger partial charge on any atom is 0.0415 e. The van der Waals surface area contributed by atoms with E-state index in [0.29, 0.717) is 6.04 Å². The van der Waals surface area contributed by atoms with Crippen LogP contribution >= 0.6 is 0 Å². The molecule has 104 valence electrons. The lowest BCUT2D eigenvalue weighted by Gasteiger charge is -2.45. The SMILES string of the molecule is CCC1CN2CCCC2CN1c1cccc(C)c1C. The highest BCUT2D eigenvalue weighted by Crippen LogP contribution is 2.32. The van der Waals surface area contributed by atoms with Gasteiger partial charge in [0.15, 0.2) is 0 Å². The maximum absolute atomic E-state index is 2.72. The molecule has 0 saturated carbocycles. The highest BCUT2D eigenvalue weighted by Gasteiger charge is 2.35. The van der Waals surface area contributed by atoms with Crippen LogP contribution in [0.2, 0.25) is 0 Å². The molecule has 19 heavy (non-hydrogen) atoms. The summed E-state index contributed by atoms with van der Waals surface area (Å²) in [6.45, 7) is 10.6. The van der Waals surface area contributed by atoms with Gasteiger partial charge in [0.25, 0.3) is 0 Å². The van der Waals surface area contributed by atoms with Gasteiger partial charge in [0.2, 0.25) is 0 Å². The predicted octanol–water partition coefficient (Wildman–Crippen LogP) is 3.37. The van der Waals surface area contributed by atoms with E-state index in [4.69, 9.17) is 0 Å². The summed E-state index contributed by atoms with van der Waals surface area (Å²) in [5.41, 5.74) is 4.35. The molecule has 2 nitrogen and oxygen atoms in total. The van der Waals surface area contributed by atoms with Gasteiger partial charge in [-0.3, -0.25) is 4.90 Å². The van der Waals surface area contributed by atoms with Gasteiger partial charge in [-0.05, 0) is 56.8 Å². The van der Waals surface area contributed by atoms with Crippen LogP contribution in [0.4, 0.5) is 5.69 Å². The number of hydrogen-bond donors (Lipinski definition) is 0. The third-order valence-corrected chi connectivity index (χ3v) is 5.15. The number of fused-ring (bicyclic) bond motifs is 1. The molecular weight excluding hydrogens is 232 g/mol. The Bertz CT molecular complexity index is 455. The summed E-state index contributed by atoms with van der Waals surface area (Å²) in [6, 6.07) is 8.24. The molecule has 2 heteroatoms. The van der Waals surface area contributed by atoms with Crippen LogP contribution in [-0.4, -0.2) is 36.6 Å². The maximum atomic E-state index is 2.72. The lowest BCUT2D eigenvalue weighted by atomic mass is 10.0. The predicted molar refractivity (Wildman–Crippen MR) is 81.9 cm³/mol. The van der Waals surface area contributed by atoms with Gasteiger partial charge in [-0.15, -0.1) is 0 Å². The van der Waals surface area contributed by atoms with Gasteiger partial charge in [0.05, 0.1) is 0 Å². The second-order valence-corrected chi connectivity index (χ2v) is 6.22. The van der Waals surface area contributed by atoms with Gasteiger partial charge in [-0.2, -0.15) is 0 Å². The van der Waals surface area contributed by atoms with Crippen molar-refractivity contribution in [3.63, 3.8) is 0 Å². The summed E-state index contributed by atoms with van der Waals surface area (Å²) in [6.07, 6.45) is 4.02. The normalized spacial score (nSPS) is 27.6. The van der Waals surface area contributed by atoms with Crippen LogP contribution in [0, 0.1) is 13.8 Å². The third-order valence-electron chi connectivity index (χ3n) is 5.15. The Balaban J connectivity index is 1.91. The van der Waals surface area contributed by atoms with Crippen molar-refractivity contribution in [1.82, 2.24) is 4.90 Å². The Labute approximate surface area is 117 Å². The standard InChI is InChI=1S/C17H26N2/c1-4-15-11-18-10-6-8-16(18)12-19(15)17-9-5-7-13(2)14(17)3/h5,7,9,15-16H,4,6,8,10-12H2,1-3H3. The number of rotatable bonds is 2. The number of nitrogens with zero attached hydrogens (tertiary/aromatic N) is 2. The summed E-state index contributed by atoms with van der Waals surface area (Å²) in [5, 5.41) is 0. The minimum absolute atomic E-state index is 0.690. The molecule has 2 unspecified atom stereocenters. The van der Waals surface area contributed by atoms with Crippen molar-refractivity contribution >= 4 is 5.69 Å². The molecular formula is C17H26N2. The van der Waals surface area contributed by atoms with Crippen molar-refractivity contribution in [2.75, 3.05) is 24.5 Å². The molecule has 2 atom stereocenters. The number of benzene rings is 1. The molecule has 3 rings (SSSR count). The van der Waals surface area contributed by atoms with Crippen molar-refractivity contribution in [2.24, 2.45) is 0 Å². The lowest BCUT2D eigenvalue weighted by molar-refractivity contribution is 0.194. The van der Waals surface area contributed by atoms with Crippen LogP contribution in [0.5, 0.6) is 0 Å². The second kappa shape index (κ2) is 5.16. The van der Waals surface area contributed by atoms with Gasteiger partial charge in [0, 0.05) is 30.9 Å². The van der Waals surface area contributed by atoms with Gasteiger partial charge in [0.1, 0.15) is 0 Å². The molecule has 2 heterocycles. The van der Waals surface area contributed by atoms with E-state index in [1.165, 1.54) is 55.7 Å². The highest BCUT2D eigenvalue weighted by atomic mass is 15.3.